The molecule has 0 unspecified atom stereocenters. The van der Waals surface area contributed by atoms with Gasteiger partial charge in [-0.05, 0) is 36.4 Å². The lowest BCUT2D eigenvalue weighted by molar-refractivity contribution is 1.06. The molecular weight excluding hydrogens is 400 g/mol. The molecule has 0 fully saturated rings. The molecule has 5 heteroatoms. The van der Waals surface area contributed by atoms with Crippen molar-refractivity contribution in [3.05, 3.63) is 83.5 Å². The van der Waals surface area contributed by atoms with Crippen molar-refractivity contribution in [3.63, 3.8) is 0 Å². The Bertz CT molecular complexity index is 1370. The fourth-order valence-corrected chi connectivity index (χ4v) is 4.99. The average molecular weight is 425 g/mol. The summed E-state index contributed by atoms with van der Waals surface area (Å²) < 4.78 is 0. The standard InChI is InChI=1S/C26H24N4S/c1-17-10-11-20(18(2)14-17)22-15-31-26-24(22)25(29-16-30-26)28-13-12-27-23-9-5-7-19-6-3-4-8-21(19)23/h3-11,14-16,27H,12-13H2,1-2H3,(H,28,29,30). The van der Waals surface area contributed by atoms with Gasteiger partial charge in [0.25, 0.3) is 0 Å². The van der Waals surface area contributed by atoms with Crippen LogP contribution in [-0.4, -0.2) is 23.1 Å². The zero-order valence-electron chi connectivity index (χ0n) is 17.6. The third-order valence-electron chi connectivity index (χ3n) is 5.56. The van der Waals surface area contributed by atoms with Crippen LogP contribution in [0.4, 0.5) is 11.5 Å². The first-order valence-electron chi connectivity index (χ1n) is 10.5. The zero-order chi connectivity index (χ0) is 21.2. The SMILES string of the molecule is Cc1ccc(-c2csc3ncnc(NCCNc4cccc5ccccc45)c23)c(C)c1. The maximum absolute atomic E-state index is 4.56. The second-order valence-corrected chi connectivity index (χ2v) is 8.61. The second kappa shape index (κ2) is 8.36. The van der Waals surface area contributed by atoms with Crippen molar-refractivity contribution in [2.75, 3.05) is 23.7 Å². The van der Waals surface area contributed by atoms with E-state index in [4.69, 9.17) is 0 Å². The van der Waals surface area contributed by atoms with Crippen LogP contribution >= 0.6 is 11.3 Å². The van der Waals surface area contributed by atoms with E-state index in [9.17, 15) is 0 Å². The molecule has 0 saturated carbocycles. The summed E-state index contributed by atoms with van der Waals surface area (Å²) in [7, 11) is 0. The topological polar surface area (TPSA) is 49.8 Å². The molecular formula is C26H24N4S. The van der Waals surface area contributed by atoms with E-state index in [2.05, 4.69) is 100 Å². The molecule has 4 nitrogen and oxygen atoms in total. The number of rotatable bonds is 6. The van der Waals surface area contributed by atoms with Crippen molar-refractivity contribution in [3.8, 4) is 11.1 Å². The molecule has 0 spiro atoms. The minimum atomic E-state index is 0.761. The molecule has 0 saturated heterocycles. The molecule has 0 amide bonds. The predicted octanol–water partition coefficient (Wildman–Crippen LogP) is 6.65. The first-order valence-corrected chi connectivity index (χ1v) is 11.3. The molecule has 3 aromatic carbocycles. The summed E-state index contributed by atoms with van der Waals surface area (Å²) >= 11 is 1.67. The van der Waals surface area contributed by atoms with Crippen molar-refractivity contribution >= 4 is 43.8 Å². The molecule has 31 heavy (non-hydrogen) atoms. The Morgan fingerprint density at radius 2 is 1.68 bits per heavy atom. The van der Waals surface area contributed by atoms with Crippen LogP contribution in [0.25, 0.3) is 32.1 Å². The van der Waals surface area contributed by atoms with E-state index in [0.717, 1.165) is 34.8 Å². The Morgan fingerprint density at radius 1 is 0.839 bits per heavy atom. The molecule has 0 aliphatic carbocycles. The van der Waals surface area contributed by atoms with Gasteiger partial charge in [0.15, 0.2) is 0 Å². The van der Waals surface area contributed by atoms with Crippen molar-refractivity contribution in [2.24, 2.45) is 0 Å². The first-order chi connectivity index (χ1) is 15.2. The van der Waals surface area contributed by atoms with E-state index >= 15 is 0 Å². The molecule has 2 aromatic heterocycles. The molecule has 2 N–H and O–H groups in total. The summed E-state index contributed by atoms with van der Waals surface area (Å²) in [6.07, 6.45) is 1.64. The van der Waals surface area contributed by atoms with Crippen LogP contribution in [0.15, 0.2) is 72.4 Å². The lowest BCUT2D eigenvalue weighted by Gasteiger charge is -2.12. The van der Waals surface area contributed by atoms with Crippen LogP contribution in [0.1, 0.15) is 11.1 Å². The minimum Gasteiger partial charge on any atom is -0.383 e. The quantitative estimate of drug-likeness (QED) is 0.300. The van der Waals surface area contributed by atoms with Crippen molar-refractivity contribution < 1.29 is 0 Å². The highest BCUT2D eigenvalue weighted by molar-refractivity contribution is 7.17. The summed E-state index contributed by atoms with van der Waals surface area (Å²) in [5.41, 5.74) is 6.13. The molecule has 5 aromatic rings. The van der Waals surface area contributed by atoms with Gasteiger partial charge in [0.2, 0.25) is 0 Å². The summed E-state index contributed by atoms with van der Waals surface area (Å²) in [5.74, 6) is 0.890. The van der Waals surface area contributed by atoms with Gasteiger partial charge >= 0.3 is 0 Å². The Balaban J connectivity index is 1.37. The number of nitrogens with zero attached hydrogens (tertiary/aromatic N) is 2. The van der Waals surface area contributed by atoms with E-state index in [1.54, 1.807) is 17.7 Å². The fourth-order valence-electron chi connectivity index (χ4n) is 4.08. The van der Waals surface area contributed by atoms with Gasteiger partial charge in [-0.15, -0.1) is 11.3 Å². The van der Waals surface area contributed by atoms with Crippen LogP contribution in [0.2, 0.25) is 0 Å². The van der Waals surface area contributed by atoms with Crippen LogP contribution in [0.3, 0.4) is 0 Å². The maximum atomic E-state index is 4.56. The normalized spacial score (nSPS) is 11.2. The number of hydrogen-bond acceptors (Lipinski definition) is 5. The largest absolute Gasteiger partial charge is 0.383 e. The molecule has 0 radical (unpaired) electrons. The number of benzene rings is 3. The summed E-state index contributed by atoms with van der Waals surface area (Å²) in [4.78, 5) is 10.1. The van der Waals surface area contributed by atoms with Crippen molar-refractivity contribution in [2.45, 2.75) is 13.8 Å². The van der Waals surface area contributed by atoms with Crippen LogP contribution < -0.4 is 10.6 Å². The first kappa shape index (κ1) is 19.5. The highest BCUT2D eigenvalue weighted by atomic mass is 32.1. The van der Waals surface area contributed by atoms with Crippen molar-refractivity contribution in [1.82, 2.24) is 9.97 Å². The lowest BCUT2D eigenvalue weighted by atomic mass is 9.99. The summed E-state index contributed by atoms with van der Waals surface area (Å²) in [6.45, 7) is 5.85. The molecule has 0 aliphatic heterocycles. The van der Waals surface area contributed by atoms with E-state index in [-0.39, 0.29) is 0 Å². The van der Waals surface area contributed by atoms with Gasteiger partial charge in [-0.2, -0.15) is 0 Å². The third-order valence-corrected chi connectivity index (χ3v) is 6.45. The monoisotopic (exact) mass is 424 g/mol. The van der Waals surface area contributed by atoms with E-state index < -0.39 is 0 Å². The van der Waals surface area contributed by atoms with Crippen LogP contribution in [0.5, 0.6) is 0 Å². The average Bonchev–Trinajstić information content (AvgIpc) is 3.21. The highest BCUT2D eigenvalue weighted by Crippen LogP contribution is 2.38. The van der Waals surface area contributed by atoms with Crippen LogP contribution in [0, 0.1) is 13.8 Å². The van der Waals surface area contributed by atoms with Gasteiger partial charge in [-0.25, -0.2) is 9.97 Å². The van der Waals surface area contributed by atoms with E-state index in [1.165, 1.54) is 33.0 Å². The number of nitrogens with one attached hydrogen (secondary N) is 2. The van der Waals surface area contributed by atoms with E-state index in [1.807, 2.05) is 0 Å². The van der Waals surface area contributed by atoms with Gasteiger partial charge in [0.05, 0.1) is 5.39 Å². The number of hydrogen-bond donors (Lipinski definition) is 2. The predicted molar refractivity (Wildman–Crippen MR) is 133 cm³/mol. The second-order valence-electron chi connectivity index (χ2n) is 7.75. The maximum Gasteiger partial charge on any atom is 0.138 e. The molecule has 154 valence electrons. The smallest absolute Gasteiger partial charge is 0.138 e. The number of thiophene rings is 1. The lowest BCUT2D eigenvalue weighted by Crippen LogP contribution is -2.14. The fraction of sp³-hybridized carbons (Fsp3) is 0.154. The number of anilines is 2. The third kappa shape index (κ3) is 3.84. The highest BCUT2D eigenvalue weighted by Gasteiger charge is 2.14. The van der Waals surface area contributed by atoms with Gasteiger partial charge < -0.3 is 10.6 Å². The van der Waals surface area contributed by atoms with Crippen molar-refractivity contribution in [1.29, 1.82) is 0 Å². The van der Waals surface area contributed by atoms with E-state index in [0.29, 0.717) is 0 Å². The molecule has 0 aliphatic rings. The Morgan fingerprint density at radius 3 is 2.58 bits per heavy atom. The summed E-state index contributed by atoms with van der Waals surface area (Å²) in [6, 6.07) is 21.4. The Hall–Kier alpha value is -3.44. The molecule has 2 heterocycles. The zero-order valence-corrected chi connectivity index (χ0v) is 18.5. The molecule has 0 bridgehead atoms. The number of aromatic nitrogens is 2. The number of fused-ring (bicyclic) bond motifs is 2. The molecule has 0 atom stereocenters. The van der Waals surface area contributed by atoms with Gasteiger partial charge in [-0.1, -0.05) is 60.2 Å². The Kier molecular flexibility index (Phi) is 5.26. The molecule has 5 rings (SSSR count). The Labute approximate surface area is 186 Å². The minimum absolute atomic E-state index is 0.761. The van der Waals surface area contributed by atoms with Gasteiger partial charge in [0, 0.05) is 35.1 Å². The number of aryl methyl sites for hydroxylation is 2. The van der Waals surface area contributed by atoms with Gasteiger partial charge in [0.1, 0.15) is 17.0 Å². The summed E-state index contributed by atoms with van der Waals surface area (Å²) in [5, 5.41) is 12.9. The van der Waals surface area contributed by atoms with Gasteiger partial charge in [-0.3, -0.25) is 0 Å². The van der Waals surface area contributed by atoms with Crippen LogP contribution in [-0.2, 0) is 0 Å².